The fourth-order valence-electron chi connectivity index (χ4n) is 3.65. The fourth-order valence-corrected chi connectivity index (χ4v) is 3.65. The third-order valence-corrected chi connectivity index (χ3v) is 5.46. The highest BCUT2D eigenvalue weighted by Crippen LogP contribution is 2.65. The Morgan fingerprint density at radius 2 is 1.76 bits per heavy atom. The van der Waals surface area contributed by atoms with Gasteiger partial charge in [0.05, 0.1) is 5.69 Å². The standard InChI is InChI=1S/C18H18F3N3O/c1-23-15(10-14(22-23)12-2-4-13(19)5-3-12)16(25)24-8-6-17(7-9-24)11-18(17,20)21/h2-5,10H,6-9,11H2,1H3. The summed E-state index contributed by atoms with van der Waals surface area (Å²) in [5.41, 5.74) is 0.812. The lowest BCUT2D eigenvalue weighted by Gasteiger charge is -2.32. The van der Waals surface area contributed by atoms with Crippen molar-refractivity contribution >= 4 is 5.91 Å². The molecule has 2 aromatic rings. The van der Waals surface area contributed by atoms with Crippen LogP contribution in [0.5, 0.6) is 0 Å². The molecule has 1 saturated heterocycles. The summed E-state index contributed by atoms with van der Waals surface area (Å²) in [4.78, 5) is 14.3. The van der Waals surface area contributed by atoms with Gasteiger partial charge in [-0.15, -0.1) is 0 Å². The highest BCUT2D eigenvalue weighted by atomic mass is 19.3. The second-order valence-electron chi connectivity index (χ2n) is 7.00. The molecule has 2 aliphatic rings. The van der Waals surface area contributed by atoms with E-state index in [1.807, 2.05) is 0 Å². The summed E-state index contributed by atoms with van der Waals surface area (Å²) in [7, 11) is 1.67. The number of piperidine rings is 1. The van der Waals surface area contributed by atoms with Crippen LogP contribution in [0.15, 0.2) is 30.3 Å². The van der Waals surface area contributed by atoms with Gasteiger partial charge in [-0.2, -0.15) is 5.10 Å². The van der Waals surface area contributed by atoms with Gasteiger partial charge in [-0.25, -0.2) is 13.2 Å². The molecule has 1 amide bonds. The van der Waals surface area contributed by atoms with Gasteiger partial charge < -0.3 is 4.90 Å². The van der Waals surface area contributed by atoms with Gasteiger partial charge in [-0.1, -0.05) is 0 Å². The average molecular weight is 349 g/mol. The molecule has 0 N–H and O–H groups in total. The molecule has 7 heteroatoms. The van der Waals surface area contributed by atoms with Crippen LogP contribution in [0.25, 0.3) is 11.3 Å². The largest absolute Gasteiger partial charge is 0.337 e. The van der Waals surface area contributed by atoms with Crippen LogP contribution in [0.4, 0.5) is 13.2 Å². The number of rotatable bonds is 2. The molecule has 4 rings (SSSR count). The zero-order valence-electron chi connectivity index (χ0n) is 13.8. The number of carbonyl (C=O) groups excluding carboxylic acids is 1. The van der Waals surface area contributed by atoms with Crippen molar-refractivity contribution in [2.24, 2.45) is 12.5 Å². The molecular formula is C18H18F3N3O. The van der Waals surface area contributed by atoms with E-state index in [-0.39, 0.29) is 18.1 Å². The first-order chi connectivity index (χ1) is 11.8. The molecule has 0 bridgehead atoms. The predicted octanol–water partition coefficient (Wildman–Crippen LogP) is 3.49. The number of likely N-dealkylation sites (tertiary alicyclic amines) is 1. The van der Waals surface area contributed by atoms with Crippen molar-refractivity contribution in [3.63, 3.8) is 0 Å². The maximum Gasteiger partial charge on any atom is 0.272 e. The summed E-state index contributed by atoms with van der Waals surface area (Å²) < 4.78 is 41.5. The van der Waals surface area contributed by atoms with Crippen molar-refractivity contribution in [2.75, 3.05) is 13.1 Å². The Morgan fingerprint density at radius 3 is 2.32 bits per heavy atom. The molecule has 2 heterocycles. The van der Waals surface area contributed by atoms with Crippen LogP contribution in [0.2, 0.25) is 0 Å². The van der Waals surface area contributed by atoms with Crippen LogP contribution in [0, 0.1) is 11.2 Å². The average Bonchev–Trinajstić information content (AvgIpc) is 2.90. The first-order valence-electron chi connectivity index (χ1n) is 8.28. The zero-order chi connectivity index (χ0) is 17.8. The van der Waals surface area contributed by atoms with Crippen LogP contribution < -0.4 is 0 Å². The molecule has 1 aromatic carbocycles. The highest BCUT2D eigenvalue weighted by Gasteiger charge is 2.70. The summed E-state index contributed by atoms with van der Waals surface area (Å²) >= 11 is 0. The number of halogens is 3. The maximum absolute atomic E-state index is 13.5. The molecule has 1 aliphatic carbocycles. The zero-order valence-corrected chi connectivity index (χ0v) is 13.8. The molecule has 0 atom stereocenters. The summed E-state index contributed by atoms with van der Waals surface area (Å²) in [6, 6.07) is 7.54. The molecule has 1 aliphatic heterocycles. The second-order valence-corrected chi connectivity index (χ2v) is 7.00. The predicted molar refractivity (Wildman–Crippen MR) is 85.7 cm³/mol. The van der Waals surface area contributed by atoms with Crippen LogP contribution in [0.1, 0.15) is 29.8 Å². The first-order valence-corrected chi connectivity index (χ1v) is 8.28. The van der Waals surface area contributed by atoms with Crippen LogP contribution in [-0.4, -0.2) is 39.6 Å². The Morgan fingerprint density at radius 1 is 1.16 bits per heavy atom. The SMILES string of the molecule is Cn1nc(-c2ccc(F)cc2)cc1C(=O)N1CCC2(CC1)CC2(F)F. The molecule has 1 spiro atoms. The van der Waals surface area contributed by atoms with E-state index in [9.17, 15) is 18.0 Å². The van der Waals surface area contributed by atoms with E-state index in [0.29, 0.717) is 42.9 Å². The van der Waals surface area contributed by atoms with Gasteiger partial charge in [-0.05, 0) is 43.2 Å². The molecule has 0 unspecified atom stereocenters. The minimum absolute atomic E-state index is 0.0531. The van der Waals surface area contributed by atoms with Gasteiger partial charge in [0, 0.05) is 37.5 Å². The van der Waals surface area contributed by atoms with Gasteiger partial charge in [-0.3, -0.25) is 9.48 Å². The van der Waals surface area contributed by atoms with E-state index in [1.165, 1.54) is 16.8 Å². The molecule has 0 radical (unpaired) electrons. The van der Waals surface area contributed by atoms with Crippen molar-refractivity contribution < 1.29 is 18.0 Å². The van der Waals surface area contributed by atoms with Gasteiger partial charge in [0.1, 0.15) is 11.5 Å². The molecule has 4 nitrogen and oxygen atoms in total. The number of carbonyl (C=O) groups is 1. The number of aromatic nitrogens is 2. The third kappa shape index (κ3) is 2.62. The molecule has 1 saturated carbocycles. The van der Waals surface area contributed by atoms with E-state index >= 15 is 0 Å². The molecule has 1 aromatic heterocycles. The Kier molecular flexibility index (Phi) is 3.46. The minimum Gasteiger partial charge on any atom is -0.337 e. The Labute approximate surface area is 143 Å². The number of alkyl halides is 2. The summed E-state index contributed by atoms with van der Waals surface area (Å²) in [5, 5.41) is 4.32. The molecule has 132 valence electrons. The van der Waals surface area contributed by atoms with Crippen molar-refractivity contribution in [3.05, 3.63) is 41.8 Å². The van der Waals surface area contributed by atoms with E-state index < -0.39 is 11.3 Å². The normalized spacial score (nSPS) is 20.7. The van der Waals surface area contributed by atoms with Gasteiger partial charge >= 0.3 is 0 Å². The van der Waals surface area contributed by atoms with Gasteiger partial charge in [0.15, 0.2) is 0 Å². The van der Waals surface area contributed by atoms with Crippen LogP contribution in [0.3, 0.4) is 0 Å². The molecule has 2 fully saturated rings. The number of aryl methyl sites for hydroxylation is 1. The summed E-state index contributed by atoms with van der Waals surface area (Å²) in [5.74, 6) is -3.11. The van der Waals surface area contributed by atoms with E-state index in [0.717, 1.165) is 0 Å². The highest BCUT2D eigenvalue weighted by molar-refractivity contribution is 5.93. The first kappa shape index (κ1) is 16.2. The molecule has 25 heavy (non-hydrogen) atoms. The number of nitrogens with zero attached hydrogens (tertiary/aromatic N) is 3. The number of amides is 1. The molecular weight excluding hydrogens is 331 g/mol. The third-order valence-electron chi connectivity index (χ3n) is 5.46. The minimum atomic E-state index is -2.57. The van der Waals surface area contributed by atoms with Gasteiger partial charge in [0.2, 0.25) is 0 Å². The van der Waals surface area contributed by atoms with Gasteiger partial charge in [0.25, 0.3) is 11.8 Å². The Balaban J connectivity index is 1.50. The number of benzene rings is 1. The van der Waals surface area contributed by atoms with E-state index in [1.54, 1.807) is 30.1 Å². The van der Waals surface area contributed by atoms with E-state index in [4.69, 9.17) is 0 Å². The van der Waals surface area contributed by atoms with Crippen LogP contribution in [-0.2, 0) is 7.05 Å². The topological polar surface area (TPSA) is 38.1 Å². The number of hydrogen-bond donors (Lipinski definition) is 0. The lowest BCUT2D eigenvalue weighted by molar-refractivity contribution is 0.0280. The quantitative estimate of drug-likeness (QED) is 0.832. The van der Waals surface area contributed by atoms with Crippen LogP contribution >= 0.6 is 0 Å². The maximum atomic E-state index is 13.5. The lowest BCUT2D eigenvalue weighted by Crippen LogP contribution is -2.41. The second kappa shape index (κ2) is 5.34. The Bertz CT molecular complexity index is 821. The number of hydrogen-bond acceptors (Lipinski definition) is 2. The van der Waals surface area contributed by atoms with E-state index in [2.05, 4.69) is 5.10 Å². The van der Waals surface area contributed by atoms with Crippen molar-refractivity contribution in [1.82, 2.24) is 14.7 Å². The lowest BCUT2D eigenvalue weighted by atomic mass is 9.92. The van der Waals surface area contributed by atoms with Crippen molar-refractivity contribution in [3.8, 4) is 11.3 Å². The van der Waals surface area contributed by atoms with Crippen molar-refractivity contribution in [1.29, 1.82) is 0 Å². The summed E-state index contributed by atoms with van der Waals surface area (Å²) in [6.45, 7) is 0.678. The Hall–Kier alpha value is -2.31. The summed E-state index contributed by atoms with van der Waals surface area (Å²) in [6.07, 6.45) is 0.630. The monoisotopic (exact) mass is 349 g/mol. The van der Waals surface area contributed by atoms with Crippen molar-refractivity contribution in [2.45, 2.75) is 25.2 Å². The fraction of sp³-hybridized carbons (Fsp3) is 0.444. The smallest absolute Gasteiger partial charge is 0.272 e.